The van der Waals surface area contributed by atoms with Gasteiger partial charge in [-0.05, 0) is 122 Å². The molecule has 6 nitrogen and oxygen atoms in total. The highest BCUT2D eigenvalue weighted by Crippen LogP contribution is 2.11. The van der Waals surface area contributed by atoms with Crippen LogP contribution >= 0.6 is 0 Å². The molecular weight excluding hydrogens is 805 g/mol. The van der Waals surface area contributed by atoms with E-state index in [0.29, 0.717) is 19.3 Å². The molecule has 0 aliphatic rings. The molecule has 366 valence electrons. The van der Waals surface area contributed by atoms with Crippen molar-refractivity contribution in [2.75, 3.05) is 13.2 Å². The summed E-state index contributed by atoms with van der Waals surface area (Å²) in [7, 11) is 0. The van der Waals surface area contributed by atoms with E-state index >= 15 is 0 Å². The molecule has 0 aromatic carbocycles. The smallest absolute Gasteiger partial charge is 0.306 e. The first kappa shape index (κ1) is 60.8. The second kappa shape index (κ2) is 52.4. The minimum Gasteiger partial charge on any atom is -0.462 e. The first-order chi connectivity index (χ1) is 32.0. The molecular formula is C59H94O6. The van der Waals surface area contributed by atoms with Crippen LogP contribution in [-0.2, 0) is 28.6 Å². The first-order valence-corrected chi connectivity index (χ1v) is 26.0. The van der Waals surface area contributed by atoms with Crippen LogP contribution in [0.5, 0.6) is 0 Å². The van der Waals surface area contributed by atoms with Gasteiger partial charge in [-0.1, -0.05) is 194 Å². The van der Waals surface area contributed by atoms with E-state index in [1.807, 2.05) is 0 Å². The predicted octanol–water partition coefficient (Wildman–Crippen LogP) is 17.3. The summed E-state index contributed by atoms with van der Waals surface area (Å²) in [6, 6.07) is 0. The van der Waals surface area contributed by atoms with E-state index in [2.05, 4.69) is 142 Å². The van der Waals surface area contributed by atoms with Crippen LogP contribution in [0, 0.1) is 0 Å². The van der Waals surface area contributed by atoms with Gasteiger partial charge < -0.3 is 14.2 Å². The van der Waals surface area contributed by atoms with Gasteiger partial charge in [0.25, 0.3) is 0 Å². The summed E-state index contributed by atoms with van der Waals surface area (Å²) < 4.78 is 16.7. The highest BCUT2D eigenvalue weighted by Gasteiger charge is 2.19. The van der Waals surface area contributed by atoms with Gasteiger partial charge in [-0.3, -0.25) is 14.4 Å². The lowest BCUT2D eigenvalue weighted by Crippen LogP contribution is -2.30. The topological polar surface area (TPSA) is 78.9 Å². The fraction of sp³-hybridized carbons (Fsp3) is 0.610. The predicted molar refractivity (Wildman–Crippen MR) is 279 cm³/mol. The zero-order valence-corrected chi connectivity index (χ0v) is 41.7. The Kier molecular flexibility index (Phi) is 49.1. The molecule has 65 heavy (non-hydrogen) atoms. The average Bonchev–Trinajstić information content (AvgIpc) is 3.30. The van der Waals surface area contributed by atoms with Gasteiger partial charge in [0.15, 0.2) is 6.10 Å². The molecule has 0 saturated carbocycles. The fourth-order valence-electron chi connectivity index (χ4n) is 6.50. The SMILES string of the molecule is CC/C=C\C/C=C\C/C=C\C/C=C\C/C=C\CCCCCC(=O)OC[C@H](COC(=O)CCCCCCC/C=C\CCCC)OC(=O)CCC/C=C\C/C=C\C/C=C\C/C=C\CCCCC. The van der Waals surface area contributed by atoms with Gasteiger partial charge in [-0.2, -0.15) is 0 Å². The van der Waals surface area contributed by atoms with Crippen LogP contribution in [0.4, 0.5) is 0 Å². The van der Waals surface area contributed by atoms with E-state index in [0.717, 1.165) is 116 Å². The first-order valence-electron chi connectivity index (χ1n) is 26.0. The molecule has 0 amide bonds. The molecule has 0 N–H and O–H groups in total. The molecule has 1 atom stereocenters. The van der Waals surface area contributed by atoms with Gasteiger partial charge in [-0.15, -0.1) is 0 Å². The molecule has 0 bridgehead atoms. The number of allylic oxidation sites excluding steroid dienone is 20. The van der Waals surface area contributed by atoms with Crippen LogP contribution in [0.25, 0.3) is 0 Å². The van der Waals surface area contributed by atoms with E-state index < -0.39 is 6.10 Å². The zero-order chi connectivity index (χ0) is 47.2. The Bertz CT molecular complexity index is 1400. The fourth-order valence-corrected chi connectivity index (χ4v) is 6.50. The molecule has 0 aromatic rings. The highest BCUT2D eigenvalue weighted by molar-refractivity contribution is 5.71. The summed E-state index contributed by atoms with van der Waals surface area (Å²) in [5.41, 5.74) is 0. The summed E-state index contributed by atoms with van der Waals surface area (Å²) in [6.07, 6.45) is 71.9. The Morgan fingerprint density at radius 2 is 0.631 bits per heavy atom. The second-order valence-electron chi connectivity index (χ2n) is 16.7. The summed E-state index contributed by atoms with van der Waals surface area (Å²) in [5.74, 6) is -1.03. The Balaban J connectivity index is 4.55. The number of carbonyl (C=O) groups excluding carboxylic acids is 3. The van der Waals surface area contributed by atoms with Gasteiger partial charge in [0.05, 0.1) is 0 Å². The van der Waals surface area contributed by atoms with Gasteiger partial charge >= 0.3 is 17.9 Å². The monoisotopic (exact) mass is 899 g/mol. The van der Waals surface area contributed by atoms with E-state index in [4.69, 9.17) is 14.2 Å². The van der Waals surface area contributed by atoms with Crippen LogP contribution in [0.1, 0.15) is 213 Å². The van der Waals surface area contributed by atoms with Crippen molar-refractivity contribution in [1.29, 1.82) is 0 Å². The summed E-state index contributed by atoms with van der Waals surface area (Å²) >= 11 is 0. The van der Waals surface area contributed by atoms with Crippen molar-refractivity contribution in [3.8, 4) is 0 Å². The lowest BCUT2D eigenvalue weighted by molar-refractivity contribution is -0.167. The number of esters is 3. The maximum atomic E-state index is 12.8. The maximum Gasteiger partial charge on any atom is 0.306 e. The van der Waals surface area contributed by atoms with Crippen molar-refractivity contribution in [2.24, 2.45) is 0 Å². The second-order valence-corrected chi connectivity index (χ2v) is 16.7. The lowest BCUT2D eigenvalue weighted by atomic mass is 10.1. The molecule has 0 spiro atoms. The largest absolute Gasteiger partial charge is 0.462 e. The van der Waals surface area contributed by atoms with Crippen LogP contribution < -0.4 is 0 Å². The molecule has 6 heteroatoms. The van der Waals surface area contributed by atoms with E-state index in [1.165, 1.54) is 51.4 Å². The number of carbonyl (C=O) groups is 3. The maximum absolute atomic E-state index is 12.8. The van der Waals surface area contributed by atoms with Gasteiger partial charge in [0.1, 0.15) is 13.2 Å². The van der Waals surface area contributed by atoms with Gasteiger partial charge in [0, 0.05) is 19.3 Å². The average molecular weight is 899 g/mol. The Hall–Kier alpha value is -4.19. The van der Waals surface area contributed by atoms with E-state index in [-0.39, 0.29) is 37.5 Å². The minimum absolute atomic E-state index is 0.118. The lowest BCUT2D eigenvalue weighted by Gasteiger charge is -2.18. The van der Waals surface area contributed by atoms with Crippen LogP contribution in [-0.4, -0.2) is 37.2 Å². The number of hydrogen-bond acceptors (Lipinski definition) is 6. The van der Waals surface area contributed by atoms with Crippen molar-refractivity contribution in [1.82, 2.24) is 0 Å². The van der Waals surface area contributed by atoms with Crippen LogP contribution in [0.2, 0.25) is 0 Å². The molecule has 0 heterocycles. The molecule has 0 rings (SSSR count). The molecule has 0 aromatic heterocycles. The van der Waals surface area contributed by atoms with Crippen LogP contribution in [0.3, 0.4) is 0 Å². The third-order valence-electron chi connectivity index (χ3n) is 10.4. The normalized spacial score (nSPS) is 13.1. The third-order valence-corrected chi connectivity index (χ3v) is 10.4. The number of unbranched alkanes of at least 4 members (excludes halogenated alkanes) is 14. The summed E-state index contributed by atoms with van der Waals surface area (Å²) in [5, 5.41) is 0. The van der Waals surface area contributed by atoms with Gasteiger partial charge in [-0.25, -0.2) is 0 Å². The number of rotatable bonds is 45. The van der Waals surface area contributed by atoms with Gasteiger partial charge in [0.2, 0.25) is 0 Å². The highest BCUT2D eigenvalue weighted by atomic mass is 16.6. The molecule has 0 radical (unpaired) electrons. The Morgan fingerprint density at radius 1 is 0.323 bits per heavy atom. The number of hydrogen-bond donors (Lipinski definition) is 0. The minimum atomic E-state index is -0.826. The standard InChI is InChI=1S/C59H94O6/c1-4-7-10-13-16-19-22-24-26-28-29-31-32-34-37-40-43-46-49-52-58(61)64-55-56(54-63-57(60)51-48-45-42-39-36-21-18-15-12-9-6-3)65-59(62)53-50-47-44-41-38-35-33-30-27-25-23-20-17-14-11-8-5-2/h7,10,15-20,24-27,29,31,33-35,37,41,44,56H,4-6,8-9,11-14,21-23,28,30,32,36,38-40,42-43,45-55H2,1-3H3/b10-7-,18-15-,19-16-,20-17-,26-24-,27-25-,31-29-,35-33-,37-34-,44-41-/t56-/m0/s1. The molecule has 0 aliphatic carbocycles. The Labute approximate surface area is 399 Å². The van der Waals surface area contributed by atoms with Crippen molar-refractivity contribution in [3.05, 3.63) is 122 Å². The molecule has 0 fully saturated rings. The van der Waals surface area contributed by atoms with E-state index in [9.17, 15) is 14.4 Å². The van der Waals surface area contributed by atoms with Crippen molar-refractivity contribution in [3.63, 3.8) is 0 Å². The number of ether oxygens (including phenoxy) is 3. The molecule has 0 saturated heterocycles. The van der Waals surface area contributed by atoms with Crippen molar-refractivity contribution < 1.29 is 28.6 Å². The summed E-state index contributed by atoms with van der Waals surface area (Å²) in [6.45, 7) is 6.35. The van der Waals surface area contributed by atoms with E-state index in [1.54, 1.807) is 0 Å². The molecule has 0 aliphatic heterocycles. The van der Waals surface area contributed by atoms with Crippen molar-refractivity contribution >= 4 is 17.9 Å². The quantitative estimate of drug-likeness (QED) is 0.0262. The Morgan fingerprint density at radius 3 is 1.06 bits per heavy atom. The molecule has 0 unspecified atom stereocenters. The van der Waals surface area contributed by atoms with Crippen LogP contribution in [0.15, 0.2) is 122 Å². The third kappa shape index (κ3) is 50.7. The zero-order valence-electron chi connectivity index (χ0n) is 41.7. The summed E-state index contributed by atoms with van der Waals surface area (Å²) in [4.78, 5) is 37.9. The van der Waals surface area contributed by atoms with Crippen molar-refractivity contribution in [2.45, 2.75) is 219 Å².